The Balaban J connectivity index is 1.65. The van der Waals surface area contributed by atoms with Crippen LogP contribution in [0.25, 0.3) is 10.9 Å². The lowest BCUT2D eigenvalue weighted by Gasteiger charge is -2.18. The molecule has 1 unspecified atom stereocenters. The summed E-state index contributed by atoms with van der Waals surface area (Å²) in [5, 5.41) is 4.47. The van der Waals surface area contributed by atoms with Crippen molar-refractivity contribution in [3.8, 4) is 23.0 Å². The molecule has 4 rings (SSSR count). The molecule has 0 saturated carbocycles. The zero-order valence-electron chi connectivity index (χ0n) is 16.8. The fourth-order valence-electron chi connectivity index (χ4n) is 3.07. The van der Waals surface area contributed by atoms with Crippen LogP contribution in [0.15, 0.2) is 30.6 Å². The Morgan fingerprint density at radius 3 is 2.81 bits per heavy atom. The summed E-state index contributed by atoms with van der Waals surface area (Å²) >= 11 is 14.0. The molecule has 2 aromatic carbocycles. The van der Waals surface area contributed by atoms with Crippen molar-refractivity contribution in [1.82, 2.24) is 9.97 Å². The van der Waals surface area contributed by atoms with Crippen LogP contribution in [0.1, 0.15) is 20.3 Å². The molecule has 2 heterocycles. The molecule has 3 aromatic rings. The number of fused-ring (bicyclic) bond motifs is 2. The molecule has 31 heavy (non-hydrogen) atoms. The third kappa shape index (κ3) is 5.12. The number of nitrogens with zero attached hydrogens (tertiary/aromatic N) is 2. The normalized spacial score (nSPS) is 14.8. The van der Waals surface area contributed by atoms with Crippen molar-refractivity contribution >= 4 is 62.5 Å². The number of hydrogen-bond donors (Lipinski definition) is 1. The molecule has 0 aliphatic carbocycles. The summed E-state index contributed by atoms with van der Waals surface area (Å²) in [4.78, 5) is 8.80. The quantitative estimate of drug-likeness (QED) is 0.205. The first-order chi connectivity index (χ1) is 14.9. The largest absolute Gasteiger partial charge is 0.493 e. The molecular formula is C21H20Cl2IN3O4. The molecule has 0 spiro atoms. The Kier molecular flexibility index (Phi) is 6.98. The van der Waals surface area contributed by atoms with E-state index in [0.29, 0.717) is 57.2 Å². The molecule has 7 nitrogen and oxygen atoms in total. The second kappa shape index (κ2) is 9.70. The van der Waals surface area contributed by atoms with Gasteiger partial charge in [-0.2, -0.15) is 0 Å². The van der Waals surface area contributed by atoms with Gasteiger partial charge in [-0.15, -0.1) is 11.6 Å². The van der Waals surface area contributed by atoms with E-state index in [9.17, 15) is 0 Å². The molecule has 164 valence electrons. The molecule has 10 heteroatoms. The number of ether oxygens (including phenoxy) is 4. The summed E-state index contributed by atoms with van der Waals surface area (Å²) in [6.07, 6.45) is 1.39. The predicted molar refractivity (Wildman–Crippen MR) is 129 cm³/mol. The molecule has 1 aliphatic rings. The van der Waals surface area contributed by atoms with Gasteiger partial charge in [0.1, 0.15) is 23.6 Å². The molecule has 0 fully saturated rings. The summed E-state index contributed by atoms with van der Waals surface area (Å²) in [5.74, 6) is 3.52. The molecule has 0 saturated heterocycles. The number of alkyl halides is 1. The number of rotatable bonds is 8. The smallest absolute Gasteiger partial charge is 0.326 e. The maximum Gasteiger partial charge on any atom is 0.326 e. The van der Waals surface area contributed by atoms with Crippen molar-refractivity contribution in [3.63, 3.8) is 0 Å². The zero-order valence-corrected chi connectivity index (χ0v) is 20.5. The highest BCUT2D eigenvalue weighted by atomic mass is 127. The summed E-state index contributed by atoms with van der Waals surface area (Å²) in [7, 11) is 0. The first-order valence-corrected chi connectivity index (χ1v) is 11.7. The fraction of sp³-hybridized carbons (Fsp3) is 0.333. The first-order valence-electron chi connectivity index (χ1n) is 9.67. The van der Waals surface area contributed by atoms with Gasteiger partial charge in [-0.3, -0.25) is 0 Å². The minimum absolute atomic E-state index is 0.0543. The molecule has 0 bridgehead atoms. The van der Waals surface area contributed by atoms with Crippen LogP contribution in [0, 0.1) is 3.57 Å². The van der Waals surface area contributed by atoms with Gasteiger partial charge in [0.2, 0.25) is 0 Å². The highest BCUT2D eigenvalue weighted by Crippen LogP contribution is 2.42. The maximum atomic E-state index is 6.13. The Labute approximate surface area is 203 Å². The van der Waals surface area contributed by atoms with E-state index in [1.165, 1.54) is 6.33 Å². The third-order valence-electron chi connectivity index (χ3n) is 4.27. The summed E-state index contributed by atoms with van der Waals surface area (Å²) in [6.45, 7) is 4.42. The zero-order chi connectivity index (χ0) is 22.0. The summed E-state index contributed by atoms with van der Waals surface area (Å²) in [5.41, 5.74) is 0.671. The van der Waals surface area contributed by atoms with Crippen LogP contribution >= 0.6 is 45.8 Å². The average Bonchev–Trinajstić information content (AvgIpc) is 3.10. The van der Waals surface area contributed by atoms with E-state index in [0.717, 1.165) is 9.99 Å². The molecular weight excluding hydrogens is 556 g/mol. The topological polar surface area (TPSA) is 74.7 Å². The number of benzene rings is 2. The van der Waals surface area contributed by atoms with E-state index >= 15 is 0 Å². The summed E-state index contributed by atoms with van der Waals surface area (Å²) < 4.78 is 24.5. The molecule has 1 aromatic heterocycles. The van der Waals surface area contributed by atoms with Crippen LogP contribution in [0.3, 0.4) is 0 Å². The van der Waals surface area contributed by atoms with E-state index in [4.69, 9.17) is 42.1 Å². The molecule has 1 N–H and O–H groups in total. The summed E-state index contributed by atoms with van der Waals surface area (Å²) in [6, 6.07) is 7.21. The maximum absolute atomic E-state index is 6.13. The highest BCUT2D eigenvalue weighted by molar-refractivity contribution is 14.1. The lowest BCUT2D eigenvalue weighted by atomic mass is 10.2. The highest BCUT2D eigenvalue weighted by Gasteiger charge is 2.28. The monoisotopic (exact) mass is 575 g/mol. The van der Waals surface area contributed by atoms with Gasteiger partial charge < -0.3 is 24.3 Å². The molecule has 0 radical (unpaired) electrons. The minimum atomic E-state index is -0.772. The van der Waals surface area contributed by atoms with Crippen LogP contribution in [-0.4, -0.2) is 35.0 Å². The second-order valence-electron chi connectivity index (χ2n) is 7.02. The Morgan fingerprint density at radius 2 is 2.03 bits per heavy atom. The van der Waals surface area contributed by atoms with Crippen LogP contribution < -0.4 is 24.3 Å². The Bertz CT molecular complexity index is 1100. The van der Waals surface area contributed by atoms with Crippen molar-refractivity contribution < 1.29 is 18.9 Å². The van der Waals surface area contributed by atoms with E-state index in [2.05, 4.69) is 37.9 Å². The van der Waals surface area contributed by atoms with Crippen LogP contribution in [0.5, 0.6) is 23.0 Å². The van der Waals surface area contributed by atoms with Gasteiger partial charge in [-0.1, -0.05) is 11.6 Å². The Morgan fingerprint density at radius 1 is 1.19 bits per heavy atom. The first kappa shape index (κ1) is 22.3. The Hall–Kier alpha value is -1.91. The number of halogens is 3. The van der Waals surface area contributed by atoms with Gasteiger partial charge in [-0.05, 0) is 48.9 Å². The van der Waals surface area contributed by atoms with Gasteiger partial charge >= 0.3 is 6.41 Å². The second-order valence-corrected chi connectivity index (χ2v) is 9.00. The van der Waals surface area contributed by atoms with Crippen molar-refractivity contribution in [3.05, 3.63) is 39.2 Å². The molecule has 1 atom stereocenters. The van der Waals surface area contributed by atoms with E-state index in [-0.39, 0.29) is 6.10 Å². The van der Waals surface area contributed by atoms with Crippen LogP contribution in [0.4, 0.5) is 5.82 Å². The van der Waals surface area contributed by atoms with Crippen LogP contribution in [-0.2, 0) is 0 Å². The van der Waals surface area contributed by atoms with E-state index in [1.54, 1.807) is 6.07 Å². The fourth-order valence-corrected chi connectivity index (χ4v) is 4.30. The van der Waals surface area contributed by atoms with Crippen LogP contribution in [0.2, 0.25) is 5.02 Å². The van der Waals surface area contributed by atoms with Crippen molar-refractivity contribution in [1.29, 1.82) is 0 Å². The number of hydrogen-bond acceptors (Lipinski definition) is 7. The van der Waals surface area contributed by atoms with Crippen molar-refractivity contribution in [2.45, 2.75) is 32.8 Å². The lowest BCUT2D eigenvalue weighted by Crippen LogP contribution is -2.28. The number of aromatic nitrogens is 2. The lowest BCUT2D eigenvalue weighted by molar-refractivity contribution is 0.0758. The third-order valence-corrected chi connectivity index (χ3v) is 5.56. The van der Waals surface area contributed by atoms with Crippen molar-refractivity contribution in [2.24, 2.45) is 0 Å². The number of nitrogens with one attached hydrogen (secondary N) is 1. The SMILES string of the molecule is CC(C)Oc1cc(OCCCCl)cc2ncnc(NC3Oc4cc(Cl)cc(I)c4O3)c12. The standard InChI is InChI=1S/C21H20Cl2IN3O4/c1-11(2)29-16-9-13(28-5-3-4-22)8-15-18(16)20(26-10-25-15)27-21-30-17-7-12(23)6-14(24)19(17)31-21/h6-11,21H,3-5H2,1-2H3,(H,25,26,27). The van der Waals surface area contributed by atoms with E-state index in [1.807, 2.05) is 32.0 Å². The average molecular weight is 576 g/mol. The predicted octanol–water partition coefficient (Wildman–Crippen LogP) is 5.85. The van der Waals surface area contributed by atoms with Gasteiger partial charge in [0.25, 0.3) is 0 Å². The van der Waals surface area contributed by atoms with Gasteiger partial charge in [0.15, 0.2) is 11.5 Å². The van der Waals surface area contributed by atoms with Crippen molar-refractivity contribution in [2.75, 3.05) is 17.8 Å². The minimum Gasteiger partial charge on any atom is -0.493 e. The van der Waals surface area contributed by atoms with E-state index < -0.39 is 6.41 Å². The van der Waals surface area contributed by atoms with Gasteiger partial charge in [0.05, 0.1) is 27.2 Å². The van der Waals surface area contributed by atoms with Gasteiger partial charge in [-0.25, -0.2) is 9.97 Å². The number of anilines is 1. The van der Waals surface area contributed by atoms with Gasteiger partial charge in [0, 0.05) is 29.1 Å². The molecule has 1 aliphatic heterocycles. The molecule has 0 amide bonds.